The van der Waals surface area contributed by atoms with E-state index in [1.807, 2.05) is 12.1 Å². The molecule has 18 heavy (non-hydrogen) atoms. The van der Waals surface area contributed by atoms with E-state index in [1.54, 1.807) is 6.07 Å². The quantitative estimate of drug-likeness (QED) is 0.593. The van der Waals surface area contributed by atoms with Crippen molar-refractivity contribution in [2.24, 2.45) is 5.10 Å². The van der Waals surface area contributed by atoms with E-state index in [0.717, 1.165) is 5.56 Å². The van der Waals surface area contributed by atoms with Crippen LogP contribution in [0.1, 0.15) is 18.4 Å². The third-order valence-corrected chi connectivity index (χ3v) is 2.38. The molecule has 2 rings (SSSR count). The second-order valence-corrected chi connectivity index (χ2v) is 3.70. The number of aliphatic hydroxyl groups is 1. The molecule has 0 saturated heterocycles. The Morgan fingerprint density at radius 2 is 2.39 bits per heavy atom. The molecule has 0 atom stereocenters. The third-order valence-electron chi connectivity index (χ3n) is 2.38. The molecule has 0 saturated carbocycles. The Labute approximate surface area is 104 Å². The van der Waals surface area contributed by atoms with Gasteiger partial charge in [0.15, 0.2) is 11.5 Å². The van der Waals surface area contributed by atoms with Gasteiger partial charge < -0.3 is 14.6 Å². The van der Waals surface area contributed by atoms with Crippen molar-refractivity contribution in [3.05, 3.63) is 23.8 Å². The lowest BCUT2D eigenvalue weighted by molar-refractivity contribution is -0.121. The molecule has 1 aromatic rings. The highest BCUT2D eigenvalue weighted by molar-refractivity contribution is 5.86. The lowest BCUT2D eigenvalue weighted by Crippen LogP contribution is -2.17. The number of amides is 1. The van der Waals surface area contributed by atoms with Crippen molar-refractivity contribution in [3.63, 3.8) is 0 Å². The maximum Gasteiger partial charge on any atom is 0.240 e. The summed E-state index contributed by atoms with van der Waals surface area (Å²) in [7, 11) is 0. The summed E-state index contributed by atoms with van der Waals surface area (Å²) < 4.78 is 10.5. The molecule has 0 fully saturated rings. The normalized spacial score (nSPS) is 12.9. The van der Waals surface area contributed by atoms with Crippen LogP contribution in [0.3, 0.4) is 0 Å². The van der Waals surface area contributed by atoms with E-state index >= 15 is 0 Å². The molecule has 0 radical (unpaired) electrons. The van der Waals surface area contributed by atoms with Gasteiger partial charge in [-0.1, -0.05) is 6.07 Å². The van der Waals surface area contributed by atoms with Gasteiger partial charge in [-0.05, 0) is 18.6 Å². The maximum atomic E-state index is 11.2. The molecule has 1 amide bonds. The minimum Gasteiger partial charge on any atom is -0.454 e. The van der Waals surface area contributed by atoms with Crippen molar-refractivity contribution >= 4 is 12.1 Å². The van der Waals surface area contributed by atoms with Crippen LogP contribution in [-0.2, 0) is 4.79 Å². The van der Waals surface area contributed by atoms with E-state index in [2.05, 4.69) is 10.5 Å². The van der Waals surface area contributed by atoms with Gasteiger partial charge in [0.25, 0.3) is 0 Å². The Kier molecular flexibility index (Phi) is 4.14. The van der Waals surface area contributed by atoms with Gasteiger partial charge in [0.1, 0.15) is 0 Å². The van der Waals surface area contributed by atoms with Crippen molar-refractivity contribution in [2.75, 3.05) is 13.4 Å². The van der Waals surface area contributed by atoms with E-state index in [4.69, 9.17) is 14.6 Å². The summed E-state index contributed by atoms with van der Waals surface area (Å²) in [4.78, 5) is 11.2. The summed E-state index contributed by atoms with van der Waals surface area (Å²) in [6, 6.07) is 5.44. The van der Waals surface area contributed by atoms with Gasteiger partial charge in [-0.15, -0.1) is 0 Å². The first-order chi connectivity index (χ1) is 8.81. The molecular weight excluding hydrogens is 236 g/mol. The van der Waals surface area contributed by atoms with Crippen molar-refractivity contribution in [3.8, 4) is 11.5 Å². The lowest BCUT2D eigenvalue weighted by Gasteiger charge is -2.00. The van der Waals surface area contributed by atoms with Gasteiger partial charge in [-0.2, -0.15) is 5.10 Å². The Hall–Kier alpha value is -2.08. The Morgan fingerprint density at radius 3 is 3.22 bits per heavy atom. The van der Waals surface area contributed by atoms with Gasteiger partial charge in [0.2, 0.25) is 12.7 Å². The van der Waals surface area contributed by atoms with Crippen molar-refractivity contribution in [1.29, 1.82) is 0 Å². The monoisotopic (exact) mass is 250 g/mol. The zero-order chi connectivity index (χ0) is 12.8. The van der Waals surface area contributed by atoms with Crippen molar-refractivity contribution in [2.45, 2.75) is 12.8 Å². The fraction of sp³-hybridized carbons (Fsp3) is 0.333. The number of hydrogen-bond acceptors (Lipinski definition) is 5. The topological polar surface area (TPSA) is 80.2 Å². The van der Waals surface area contributed by atoms with E-state index in [1.165, 1.54) is 6.21 Å². The zero-order valence-electron chi connectivity index (χ0n) is 9.76. The number of hydrogen-bond donors (Lipinski definition) is 2. The Morgan fingerprint density at radius 1 is 1.50 bits per heavy atom. The number of benzene rings is 1. The van der Waals surface area contributed by atoms with Crippen LogP contribution in [0.25, 0.3) is 0 Å². The lowest BCUT2D eigenvalue weighted by atomic mass is 10.2. The zero-order valence-corrected chi connectivity index (χ0v) is 9.76. The molecular formula is C12H14N2O4. The van der Waals surface area contributed by atoms with Crippen LogP contribution in [0.2, 0.25) is 0 Å². The first-order valence-electron chi connectivity index (χ1n) is 5.62. The molecule has 1 aromatic carbocycles. The maximum absolute atomic E-state index is 11.2. The van der Waals surface area contributed by atoms with Crippen LogP contribution in [0.5, 0.6) is 11.5 Å². The Balaban J connectivity index is 1.93. The summed E-state index contributed by atoms with van der Waals surface area (Å²) in [6.45, 7) is 0.192. The predicted molar refractivity (Wildman–Crippen MR) is 64.6 cm³/mol. The second kappa shape index (κ2) is 6.02. The number of rotatable bonds is 5. The number of aliphatic hydroxyl groups excluding tert-OH is 1. The minimum atomic E-state index is -0.231. The largest absolute Gasteiger partial charge is 0.454 e. The Bertz CT molecular complexity index is 459. The molecule has 6 nitrogen and oxygen atoms in total. The van der Waals surface area contributed by atoms with Crippen molar-refractivity contribution < 1.29 is 19.4 Å². The van der Waals surface area contributed by atoms with Crippen LogP contribution in [0, 0.1) is 0 Å². The molecule has 1 aliphatic heterocycles. The number of carbonyl (C=O) groups excluding carboxylic acids is 1. The average molecular weight is 250 g/mol. The molecule has 2 N–H and O–H groups in total. The number of ether oxygens (including phenoxy) is 2. The van der Waals surface area contributed by atoms with Crippen LogP contribution >= 0.6 is 0 Å². The van der Waals surface area contributed by atoms with E-state index < -0.39 is 0 Å². The molecule has 0 bridgehead atoms. The SMILES string of the molecule is O=C(CCCO)N/N=C/c1cccc2c1OCO2. The first-order valence-corrected chi connectivity index (χ1v) is 5.62. The van der Waals surface area contributed by atoms with Gasteiger partial charge in [-0.25, -0.2) is 5.43 Å². The summed E-state index contributed by atoms with van der Waals surface area (Å²) in [5.74, 6) is 1.07. The number of fused-ring (bicyclic) bond motifs is 1. The smallest absolute Gasteiger partial charge is 0.240 e. The highest BCUT2D eigenvalue weighted by atomic mass is 16.7. The highest BCUT2D eigenvalue weighted by Gasteiger charge is 2.15. The molecule has 1 heterocycles. The summed E-state index contributed by atoms with van der Waals surface area (Å²) in [5.41, 5.74) is 3.12. The predicted octanol–water partition coefficient (Wildman–Crippen LogP) is 0.638. The number of nitrogens with zero attached hydrogens (tertiary/aromatic N) is 1. The molecule has 6 heteroatoms. The van der Waals surface area contributed by atoms with E-state index in [0.29, 0.717) is 17.9 Å². The number of hydrazone groups is 1. The third kappa shape index (κ3) is 2.98. The molecule has 96 valence electrons. The van der Waals surface area contributed by atoms with Crippen LogP contribution in [-0.4, -0.2) is 30.6 Å². The van der Waals surface area contributed by atoms with Crippen LogP contribution < -0.4 is 14.9 Å². The number of nitrogens with one attached hydrogen (secondary N) is 1. The number of carbonyl (C=O) groups is 1. The molecule has 0 aromatic heterocycles. The number of para-hydroxylation sites is 1. The second-order valence-electron chi connectivity index (χ2n) is 3.70. The summed E-state index contributed by atoms with van der Waals surface area (Å²) in [6.07, 6.45) is 2.18. The summed E-state index contributed by atoms with van der Waals surface area (Å²) >= 11 is 0. The minimum absolute atomic E-state index is 0.00545. The molecule has 0 aliphatic carbocycles. The van der Waals surface area contributed by atoms with Crippen LogP contribution in [0.4, 0.5) is 0 Å². The van der Waals surface area contributed by atoms with Gasteiger partial charge in [0.05, 0.1) is 6.21 Å². The summed E-state index contributed by atoms with van der Waals surface area (Å²) in [5, 5.41) is 12.4. The van der Waals surface area contributed by atoms with Gasteiger partial charge in [0, 0.05) is 18.6 Å². The van der Waals surface area contributed by atoms with Crippen LogP contribution in [0.15, 0.2) is 23.3 Å². The standard InChI is InChI=1S/C12H14N2O4/c15-6-2-5-11(16)14-13-7-9-3-1-4-10-12(9)18-8-17-10/h1,3-4,7,15H,2,5-6,8H2,(H,14,16)/b13-7+. The van der Waals surface area contributed by atoms with Gasteiger partial charge >= 0.3 is 0 Å². The first kappa shape index (κ1) is 12.4. The highest BCUT2D eigenvalue weighted by Crippen LogP contribution is 2.34. The average Bonchev–Trinajstić information content (AvgIpc) is 2.85. The fourth-order valence-electron chi connectivity index (χ4n) is 1.52. The van der Waals surface area contributed by atoms with E-state index in [9.17, 15) is 4.79 Å². The van der Waals surface area contributed by atoms with Crippen molar-refractivity contribution in [1.82, 2.24) is 5.43 Å². The van der Waals surface area contributed by atoms with E-state index in [-0.39, 0.29) is 25.7 Å². The molecule has 0 spiro atoms. The van der Waals surface area contributed by atoms with Gasteiger partial charge in [-0.3, -0.25) is 4.79 Å². The molecule has 0 unspecified atom stereocenters. The fourth-order valence-corrected chi connectivity index (χ4v) is 1.52. The molecule has 1 aliphatic rings.